The summed E-state index contributed by atoms with van der Waals surface area (Å²) in [5, 5.41) is 7.90. The summed E-state index contributed by atoms with van der Waals surface area (Å²) in [7, 11) is 0. The van der Waals surface area contributed by atoms with Gasteiger partial charge >= 0.3 is 0 Å². The van der Waals surface area contributed by atoms with Gasteiger partial charge in [0, 0.05) is 24.7 Å². The first kappa shape index (κ1) is 12.2. The highest BCUT2D eigenvalue weighted by Crippen LogP contribution is 2.29. The molecule has 0 amide bonds. The van der Waals surface area contributed by atoms with Gasteiger partial charge in [0.25, 0.3) is 0 Å². The fourth-order valence-electron chi connectivity index (χ4n) is 2.83. The number of anilines is 1. The number of rotatable bonds is 3. The van der Waals surface area contributed by atoms with Crippen molar-refractivity contribution in [1.29, 1.82) is 0 Å². The molecule has 2 aromatic rings. The molecule has 0 spiro atoms. The molecule has 0 bridgehead atoms. The van der Waals surface area contributed by atoms with Crippen molar-refractivity contribution in [1.82, 2.24) is 14.8 Å². The summed E-state index contributed by atoms with van der Waals surface area (Å²) < 4.78 is 1.98. The first-order valence-electron chi connectivity index (χ1n) is 6.99. The second-order valence-corrected chi connectivity index (χ2v) is 5.29. The van der Waals surface area contributed by atoms with Crippen LogP contribution >= 0.6 is 0 Å². The zero-order valence-electron chi connectivity index (χ0n) is 11.5. The summed E-state index contributed by atoms with van der Waals surface area (Å²) in [4.78, 5) is 4.38. The molecule has 4 heteroatoms. The molecule has 3 rings (SSSR count). The van der Waals surface area contributed by atoms with Crippen LogP contribution in [-0.2, 0) is 19.4 Å². The summed E-state index contributed by atoms with van der Waals surface area (Å²) in [6, 6.07) is 9.02. The summed E-state index contributed by atoms with van der Waals surface area (Å²) >= 11 is 0. The van der Waals surface area contributed by atoms with Gasteiger partial charge in [0.2, 0.25) is 0 Å². The topological polar surface area (TPSA) is 42.7 Å². The molecule has 2 unspecified atom stereocenters. The lowest BCUT2D eigenvalue weighted by molar-refractivity contribution is 0.444. The van der Waals surface area contributed by atoms with Gasteiger partial charge in [0.15, 0.2) is 0 Å². The highest BCUT2D eigenvalue weighted by atomic mass is 15.3. The Labute approximate surface area is 113 Å². The van der Waals surface area contributed by atoms with Crippen LogP contribution in [0.25, 0.3) is 0 Å². The molecule has 1 aliphatic rings. The third-order valence-electron chi connectivity index (χ3n) is 3.98. The minimum atomic E-state index is 0.435. The number of para-hydroxylation sites is 1. The van der Waals surface area contributed by atoms with Crippen LogP contribution in [0.15, 0.2) is 30.6 Å². The number of fused-ring (bicyclic) bond motifs is 1. The lowest BCUT2D eigenvalue weighted by atomic mass is 9.87. The molecule has 0 saturated heterocycles. The summed E-state index contributed by atoms with van der Waals surface area (Å²) in [5.41, 5.74) is 2.69. The van der Waals surface area contributed by atoms with Crippen LogP contribution in [0.2, 0.25) is 0 Å². The van der Waals surface area contributed by atoms with E-state index in [4.69, 9.17) is 0 Å². The minimum Gasteiger partial charge on any atom is -0.381 e. The van der Waals surface area contributed by atoms with E-state index >= 15 is 0 Å². The Balaban J connectivity index is 1.79. The van der Waals surface area contributed by atoms with Crippen molar-refractivity contribution in [3.05, 3.63) is 42.0 Å². The smallest absolute Gasteiger partial charge is 0.138 e. The number of hydrogen-bond acceptors (Lipinski definition) is 3. The van der Waals surface area contributed by atoms with E-state index in [1.54, 1.807) is 6.33 Å². The maximum absolute atomic E-state index is 4.38. The van der Waals surface area contributed by atoms with Gasteiger partial charge in [-0.2, -0.15) is 5.10 Å². The van der Waals surface area contributed by atoms with E-state index in [9.17, 15) is 0 Å². The van der Waals surface area contributed by atoms with Gasteiger partial charge in [0.1, 0.15) is 12.2 Å². The Morgan fingerprint density at radius 2 is 2.21 bits per heavy atom. The standard InChI is InChI=1S/C15H20N4/c1-3-19-15(16-10-17-19)9-14-11(2)8-12-6-4-5-7-13(12)18-14/h4-7,10-11,14,18H,3,8-9H2,1-2H3. The predicted octanol–water partition coefficient (Wildman–Crippen LogP) is 2.51. The molecule has 1 aliphatic heterocycles. The molecule has 19 heavy (non-hydrogen) atoms. The lowest BCUT2D eigenvalue weighted by Gasteiger charge is -2.32. The zero-order chi connectivity index (χ0) is 13.2. The molecular weight excluding hydrogens is 236 g/mol. The largest absolute Gasteiger partial charge is 0.381 e. The predicted molar refractivity (Wildman–Crippen MR) is 76.1 cm³/mol. The van der Waals surface area contributed by atoms with Gasteiger partial charge in [-0.15, -0.1) is 0 Å². The summed E-state index contributed by atoms with van der Waals surface area (Å²) in [6.07, 6.45) is 3.72. The number of benzene rings is 1. The first-order chi connectivity index (χ1) is 9.28. The third kappa shape index (κ3) is 2.35. The van der Waals surface area contributed by atoms with Gasteiger partial charge in [-0.05, 0) is 30.9 Å². The number of nitrogens with one attached hydrogen (secondary N) is 1. The molecular formula is C15H20N4. The normalized spacial score (nSPS) is 21.8. The van der Waals surface area contributed by atoms with E-state index in [-0.39, 0.29) is 0 Å². The second kappa shape index (κ2) is 5.03. The van der Waals surface area contributed by atoms with E-state index in [0.717, 1.165) is 25.2 Å². The van der Waals surface area contributed by atoms with Crippen molar-refractivity contribution >= 4 is 5.69 Å². The maximum atomic E-state index is 4.38. The van der Waals surface area contributed by atoms with E-state index in [1.807, 2.05) is 4.68 Å². The van der Waals surface area contributed by atoms with Crippen LogP contribution in [0.4, 0.5) is 5.69 Å². The molecule has 0 saturated carbocycles. The van der Waals surface area contributed by atoms with Crippen molar-refractivity contribution in [2.75, 3.05) is 5.32 Å². The molecule has 0 fully saturated rings. The Morgan fingerprint density at radius 3 is 3.05 bits per heavy atom. The maximum Gasteiger partial charge on any atom is 0.138 e. The molecule has 100 valence electrons. The summed E-state index contributed by atoms with van der Waals surface area (Å²) in [6.45, 7) is 5.29. The molecule has 2 atom stereocenters. The molecule has 4 nitrogen and oxygen atoms in total. The van der Waals surface area contributed by atoms with Gasteiger partial charge < -0.3 is 5.32 Å². The number of aromatic nitrogens is 3. The fourth-order valence-corrected chi connectivity index (χ4v) is 2.83. The van der Waals surface area contributed by atoms with Gasteiger partial charge in [-0.25, -0.2) is 4.98 Å². The Morgan fingerprint density at radius 1 is 1.37 bits per heavy atom. The third-order valence-corrected chi connectivity index (χ3v) is 3.98. The number of nitrogens with zero attached hydrogens (tertiary/aromatic N) is 3. The Bertz CT molecular complexity index is 561. The average Bonchev–Trinajstić information content (AvgIpc) is 2.87. The molecule has 2 heterocycles. The van der Waals surface area contributed by atoms with E-state index < -0.39 is 0 Å². The Kier molecular flexibility index (Phi) is 3.23. The zero-order valence-corrected chi connectivity index (χ0v) is 11.5. The van der Waals surface area contributed by atoms with Crippen LogP contribution in [0.5, 0.6) is 0 Å². The van der Waals surface area contributed by atoms with Crippen LogP contribution in [0.1, 0.15) is 25.2 Å². The number of hydrogen-bond donors (Lipinski definition) is 1. The Hall–Kier alpha value is -1.84. The highest BCUT2D eigenvalue weighted by Gasteiger charge is 2.25. The summed E-state index contributed by atoms with van der Waals surface area (Å²) in [5.74, 6) is 1.68. The number of aryl methyl sites for hydroxylation is 1. The SMILES string of the molecule is CCn1ncnc1CC1Nc2ccccc2CC1C. The molecule has 1 N–H and O–H groups in total. The van der Waals surface area contributed by atoms with Crippen molar-refractivity contribution < 1.29 is 0 Å². The van der Waals surface area contributed by atoms with Crippen molar-refractivity contribution in [2.24, 2.45) is 5.92 Å². The van der Waals surface area contributed by atoms with Crippen LogP contribution in [-0.4, -0.2) is 20.8 Å². The van der Waals surface area contributed by atoms with Gasteiger partial charge in [-0.3, -0.25) is 4.68 Å². The molecule has 1 aromatic carbocycles. The van der Waals surface area contributed by atoms with Crippen molar-refractivity contribution in [3.8, 4) is 0 Å². The second-order valence-electron chi connectivity index (χ2n) is 5.29. The van der Waals surface area contributed by atoms with Gasteiger partial charge in [-0.1, -0.05) is 25.1 Å². The van der Waals surface area contributed by atoms with Crippen LogP contribution in [0, 0.1) is 5.92 Å². The average molecular weight is 256 g/mol. The van der Waals surface area contributed by atoms with Crippen molar-refractivity contribution in [3.63, 3.8) is 0 Å². The van der Waals surface area contributed by atoms with E-state index in [2.05, 4.69) is 53.5 Å². The molecule has 0 radical (unpaired) electrons. The van der Waals surface area contributed by atoms with Crippen LogP contribution < -0.4 is 5.32 Å². The lowest BCUT2D eigenvalue weighted by Crippen LogP contribution is -2.36. The van der Waals surface area contributed by atoms with Gasteiger partial charge in [0.05, 0.1) is 0 Å². The molecule has 0 aliphatic carbocycles. The first-order valence-corrected chi connectivity index (χ1v) is 6.99. The minimum absolute atomic E-state index is 0.435. The van der Waals surface area contributed by atoms with E-state index in [1.165, 1.54) is 11.3 Å². The fraction of sp³-hybridized carbons (Fsp3) is 0.467. The highest BCUT2D eigenvalue weighted by molar-refractivity contribution is 5.54. The molecule has 1 aromatic heterocycles. The quantitative estimate of drug-likeness (QED) is 0.917. The van der Waals surface area contributed by atoms with E-state index in [0.29, 0.717) is 12.0 Å². The monoisotopic (exact) mass is 256 g/mol. The van der Waals surface area contributed by atoms with Crippen molar-refractivity contribution in [2.45, 2.75) is 39.3 Å². The van der Waals surface area contributed by atoms with Crippen LogP contribution in [0.3, 0.4) is 0 Å².